The molecule has 0 aromatic heterocycles. The van der Waals surface area contributed by atoms with E-state index in [1.165, 1.54) is 21.7 Å². The second-order valence-corrected chi connectivity index (χ2v) is 19.5. The van der Waals surface area contributed by atoms with Crippen molar-refractivity contribution in [1.29, 1.82) is 0 Å². The van der Waals surface area contributed by atoms with E-state index in [0.29, 0.717) is 12.3 Å². The Balaban J connectivity index is 0.000000179. The van der Waals surface area contributed by atoms with E-state index in [1.54, 1.807) is 6.08 Å². The standard InChI is InChI=1S/C22H27N4P.C16H16BrN.C10H10.C6H6BrN.ClH.Rh/c1-23-12-13-24-14-15-25-16-17-26(22(25)18-21(23)24)27(19-8-4-2-5-9-19)20-10-6-3-7-11-20;1-13(11-12-14-7-3-2-4-8-14)18-16-10-6-5-9-15(16)17;1-2-3-7-10-8-5-4-6-9-10;7-5-3-1-2-4-6(5)8;;/h2-11,18,21-22H,1,12-17H2;2-13,18H,1H3;2-9H,1H2;1-4H,8H2;1H;/q-2;;;;;+3/b;12-11+;7-3+;;;. The van der Waals surface area contributed by atoms with Crippen LogP contribution in [0.5, 0.6) is 0 Å². The SMILES string of the molecule is C=C/C=C/c1ccccc1.CC(/C=C/c1ccccc1)Nc1ccccc1Br.Nc1ccccc1Br.[CH2-]N1CCN2CCN3CCN([PH+](c4ccccc4)c4ccccc4)C3[CH-]C12.[Cl][Rh+2]. The van der Waals surface area contributed by atoms with E-state index < -0.39 is 8.07 Å². The molecule has 3 atom stereocenters. The number of nitrogens with zero attached hydrogens (tertiary/aromatic N) is 4. The average Bonchev–Trinajstić information content (AvgIpc) is 3.86. The Morgan fingerprint density at radius 3 is 1.65 bits per heavy atom. The first-order valence-corrected chi connectivity index (χ1v) is 26.8. The fourth-order valence-electron chi connectivity index (χ4n) is 7.66. The summed E-state index contributed by atoms with van der Waals surface area (Å²) in [4.78, 5) is 7.51. The quantitative estimate of drug-likeness (QED) is 0.0495. The van der Waals surface area contributed by atoms with Crippen LogP contribution >= 0.6 is 49.6 Å². The molecule has 6 nitrogen and oxygen atoms in total. The number of fused-ring (bicyclic) bond motifs is 2. The number of nitrogen functional groups attached to an aromatic ring is 1. The molecule has 0 spiro atoms. The van der Waals surface area contributed by atoms with Crippen molar-refractivity contribution < 1.29 is 17.3 Å². The number of nitrogens with two attached hydrogens (primary N) is 1. The Bertz CT molecular complexity index is 2250. The van der Waals surface area contributed by atoms with Crippen molar-refractivity contribution in [2.75, 3.05) is 50.3 Å². The number of hydrogen-bond donors (Lipinski definition) is 2. The summed E-state index contributed by atoms with van der Waals surface area (Å²) in [6, 6.07) is 58.7. The van der Waals surface area contributed by atoms with E-state index in [9.17, 15) is 0 Å². The zero-order valence-corrected chi connectivity index (χ0v) is 43.4. The summed E-state index contributed by atoms with van der Waals surface area (Å²) in [5, 5.41) is 6.40. The van der Waals surface area contributed by atoms with Gasteiger partial charge in [-0.1, -0.05) is 164 Å². The van der Waals surface area contributed by atoms with Gasteiger partial charge < -0.3 is 25.8 Å². The normalized spacial score (nSPS) is 17.7. The third-order valence-corrected chi connectivity index (χ3v) is 15.1. The number of benzene rings is 6. The molecular weight excluding hydrogens is 1060 g/mol. The van der Waals surface area contributed by atoms with Gasteiger partial charge >= 0.3 is 27.0 Å². The number of rotatable bonds is 9. The molecule has 6 aromatic carbocycles. The molecule has 6 aromatic rings. The molecule has 65 heavy (non-hydrogen) atoms. The molecule has 0 aliphatic carbocycles. The van der Waals surface area contributed by atoms with Crippen LogP contribution in [0.15, 0.2) is 204 Å². The van der Waals surface area contributed by atoms with E-state index in [2.05, 4.69) is 196 Å². The van der Waals surface area contributed by atoms with E-state index in [0.717, 1.165) is 59.6 Å². The van der Waals surface area contributed by atoms with Gasteiger partial charge in [0.2, 0.25) is 0 Å². The molecule has 3 aliphatic rings. The van der Waals surface area contributed by atoms with Gasteiger partial charge in [-0.05, 0) is 111 Å². The number of para-hydroxylation sites is 2. The molecule has 9 rings (SSSR count). The van der Waals surface area contributed by atoms with Crippen molar-refractivity contribution in [2.24, 2.45) is 0 Å². The van der Waals surface area contributed by atoms with Crippen LogP contribution in [0.25, 0.3) is 12.2 Å². The first kappa shape index (κ1) is 52.3. The van der Waals surface area contributed by atoms with Crippen LogP contribution in [0.4, 0.5) is 11.4 Å². The van der Waals surface area contributed by atoms with Crippen LogP contribution in [0.3, 0.4) is 0 Å². The van der Waals surface area contributed by atoms with Crippen LogP contribution in [0, 0.1) is 13.5 Å². The third-order valence-electron chi connectivity index (χ3n) is 10.9. The summed E-state index contributed by atoms with van der Waals surface area (Å²) < 4.78 is 4.83. The summed E-state index contributed by atoms with van der Waals surface area (Å²) >= 11 is 8.83. The fourth-order valence-corrected chi connectivity index (χ4v) is 11.2. The predicted octanol–water partition coefficient (Wildman–Crippen LogP) is 12.2. The van der Waals surface area contributed by atoms with Gasteiger partial charge in [0.25, 0.3) is 0 Å². The van der Waals surface area contributed by atoms with Gasteiger partial charge in [0, 0.05) is 59.1 Å². The van der Waals surface area contributed by atoms with Crippen molar-refractivity contribution >= 4 is 83.8 Å². The van der Waals surface area contributed by atoms with Crippen LogP contribution in [0.2, 0.25) is 0 Å². The second-order valence-electron chi connectivity index (χ2n) is 15.4. The van der Waals surface area contributed by atoms with E-state index >= 15 is 0 Å². The van der Waals surface area contributed by atoms with Crippen molar-refractivity contribution in [2.45, 2.75) is 25.3 Å². The summed E-state index contributed by atoms with van der Waals surface area (Å²) in [5.41, 5.74) is 9.80. The molecule has 3 aliphatic heterocycles. The Kier molecular flexibility index (Phi) is 23.4. The summed E-state index contributed by atoms with van der Waals surface area (Å²) in [7, 11) is 7.82. The van der Waals surface area contributed by atoms with Gasteiger partial charge in [0.1, 0.15) is 18.7 Å². The Morgan fingerprint density at radius 2 is 1.12 bits per heavy atom. The molecule has 0 amide bonds. The molecule has 3 unspecified atom stereocenters. The van der Waals surface area contributed by atoms with Crippen molar-refractivity contribution in [3.05, 3.63) is 228 Å². The maximum absolute atomic E-state index is 5.47. The number of allylic oxidation sites excluding steroid dienone is 2. The van der Waals surface area contributed by atoms with Crippen LogP contribution < -0.4 is 21.7 Å². The summed E-state index contributed by atoms with van der Waals surface area (Å²) in [6.45, 7) is 12.5. The van der Waals surface area contributed by atoms with Gasteiger partial charge in [-0.3, -0.25) is 13.5 Å². The molecule has 3 fully saturated rings. The van der Waals surface area contributed by atoms with E-state index in [1.807, 2.05) is 108 Å². The van der Waals surface area contributed by atoms with Gasteiger partial charge in [0.05, 0.1) is 0 Å². The zero-order chi connectivity index (χ0) is 46.2. The molecule has 3 saturated heterocycles. The van der Waals surface area contributed by atoms with Gasteiger partial charge in [-0.25, -0.2) is 0 Å². The fraction of sp³-hybridized carbons (Fsp3) is 0.185. The van der Waals surface area contributed by atoms with Gasteiger partial charge in [-0.2, -0.15) is 4.67 Å². The summed E-state index contributed by atoms with van der Waals surface area (Å²) in [5.74, 6) is 0. The minimum absolute atomic E-state index is 0.281. The molecular formula is C54H60Br2ClN6PRh+. The van der Waals surface area contributed by atoms with E-state index in [-0.39, 0.29) is 6.04 Å². The average molecular weight is 1120 g/mol. The summed E-state index contributed by atoms with van der Waals surface area (Å²) in [6.07, 6.45) is 13.3. The topological polar surface area (TPSA) is 51.0 Å². The van der Waals surface area contributed by atoms with E-state index in [4.69, 9.17) is 5.73 Å². The number of nitrogens with one attached hydrogen (secondary N) is 1. The first-order valence-electron chi connectivity index (χ1n) is 21.7. The minimum atomic E-state index is -1.00. The zero-order valence-electron chi connectivity index (χ0n) is 36.9. The monoisotopic (exact) mass is 1120 g/mol. The van der Waals surface area contributed by atoms with Crippen molar-refractivity contribution in [1.82, 2.24) is 19.4 Å². The number of anilines is 2. The van der Waals surface area contributed by atoms with Crippen molar-refractivity contribution in [3.8, 4) is 0 Å². The molecule has 0 saturated carbocycles. The number of halogens is 3. The van der Waals surface area contributed by atoms with Crippen LogP contribution in [-0.4, -0.2) is 77.0 Å². The Labute approximate surface area is 421 Å². The Hall–Kier alpha value is -3.72. The molecule has 3 N–H and O–H groups in total. The molecule has 3 heterocycles. The molecule has 340 valence electrons. The van der Waals surface area contributed by atoms with Gasteiger partial charge in [0.15, 0.2) is 0 Å². The number of hydrogen-bond acceptors (Lipinski definition) is 6. The van der Waals surface area contributed by atoms with Crippen LogP contribution in [-0.2, 0) is 17.3 Å². The van der Waals surface area contributed by atoms with Gasteiger partial charge in [-0.15, -0.1) is 0 Å². The first-order chi connectivity index (χ1) is 31.8. The Morgan fingerprint density at radius 1 is 0.662 bits per heavy atom. The van der Waals surface area contributed by atoms with Crippen molar-refractivity contribution in [3.63, 3.8) is 0 Å². The molecule has 0 radical (unpaired) electrons. The molecule has 11 heteroatoms. The molecule has 0 bridgehead atoms. The third kappa shape index (κ3) is 16.8. The second kappa shape index (κ2) is 29.1. The van der Waals surface area contributed by atoms with Crippen LogP contribution in [0.1, 0.15) is 18.1 Å². The maximum atomic E-state index is 5.47. The predicted molar refractivity (Wildman–Crippen MR) is 287 cm³/mol.